The topological polar surface area (TPSA) is 86.7 Å². The molecule has 27 heavy (non-hydrogen) atoms. The van der Waals surface area contributed by atoms with Crippen LogP contribution in [0.5, 0.6) is 0 Å². The highest BCUT2D eigenvalue weighted by Gasteiger charge is 2.24. The molecule has 0 saturated carbocycles. The van der Waals surface area contributed by atoms with Gasteiger partial charge in [-0.3, -0.25) is 8.37 Å². The molecular formula is C19H24O6S2. The molecule has 0 unspecified atom stereocenters. The van der Waals surface area contributed by atoms with Crippen molar-refractivity contribution in [3.63, 3.8) is 0 Å². The molecule has 0 bridgehead atoms. The third-order valence-electron chi connectivity index (χ3n) is 3.87. The van der Waals surface area contributed by atoms with Crippen LogP contribution in [0.1, 0.15) is 31.4 Å². The van der Waals surface area contributed by atoms with Gasteiger partial charge in [-0.25, -0.2) is 0 Å². The Hall–Kier alpha value is -1.74. The molecular weight excluding hydrogens is 388 g/mol. The van der Waals surface area contributed by atoms with Gasteiger partial charge in [0.2, 0.25) is 0 Å². The van der Waals surface area contributed by atoms with Crippen LogP contribution in [0, 0.1) is 13.8 Å². The van der Waals surface area contributed by atoms with Gasteiger partial charge in [0.25, 0.3) is 20.2 Å². The molecule has 0 amide bonds. The van der Waals surface area contributed by atoms with Crippen LogP contribution >= 0.6 is 0 Å². The first-order valence-electron chi connectivity index (χ1n) is 8.49. The van der Waals surface area contributed by atoms with Crippen LogP contribution in [0.4, 0.5) is 0 Å². The van der Waals surface area contributed by atoms with E-state index in [0.717, 1.165) is 11.1 Å². The summed E-state index contributed by atoms with van der Waals surface area (Å²) < 4.78 is 59.5. The molecule has 148 valence electrons. The number of hydrogen-bond acceptors (Lipinski definition) is 6. The highest BCUT2D eigenvalue weighted by atomic mass is 32.2. The van der Waals surface area contributed by atoms with Gasteiger partial charge in [0, 0.05) is 6.42 Å². The van der Waals surface area contributed by atoms with Gasteiger partial charge in [-0.1, -0.05) is 35.4 Å². The summed E-state index contributed by atoms with van der Waals surface area (Å²) in [6, 6.07) is 12.6. The summed E-state index contributed by atoms with van der Waals surface area (Å²) in [7, 11) is -7.86. The van der Waals surface area contributed by atoms with Gasteiger partial charge in [0.1, 0.15) is 0 Å². The summed E-state index contributed by atoms with van der Waals surface area (Å²) in [5.74, 6) is 0. The van der Waals surface area contributed by atoms with Crippen molar-refractivity contribution in [2.45, 2.75) is 56.1 Å². The highest BCUT2D eigenvalue weighted by Crippen LogP contribution is 2.20. The zero-order chi connectivity index (χ0) is 20.2. The van der Waals surface area contributed by atoms with Crippen LogP contribution in [0.3, 0.4) is 0 Å². The smallest absolute Gasteiger partial charge is 0.263 e. The lowest BCUT2D eigenvalue weighted by atomic mass is 10.2. The van der Waals surface area contributed by atoms with Crippen LogP contribution in [-0.2, 0) is 28.6 Å². The Morgan fingerprint density at radius 3 is 1.26 bits per heavy atom. The molecule has 0 spiro atoms. The molecule has 2 rings (SSSR count). The molecule has 0 radical (unpaired) electrons. The second kappa shape index (κ2) is 8.52. The van der Waals surface area contributed by atoms with Crippen molar-refractivity contribution in [3.05, 3.63) is 59.7 Å². The second-order valence-corrected chi connectivity index (χ2v) is 9.73. The summed E-state index contributed by atoms with van der Waals surface area (Å²) >= 11 is 0. The third kappa shape index (κ3) is 6.14. The summed E-state index contributed by atoms with van der Waals surface area (Å²) in [6.07, 6.45) is -1.41. The standard InChI is InChI=1S/C19H24O6S2/c1-14-5-9-18(10-6-14)26(20,21)24-16(3)13-17(4)25-27(22,23)19-11-7-15(2)8-12-19/h5-12,16-17H,13H2,1-4H3/t16-,17-/m1/s1. The maximum Gasteiger partial charge on any atom is 0.297 e. The predicted octanol–water partition coefficient (Wildman–Crippen LogP) is 3.58. The van der Waals surface area contributed by atoms with Gasteiger partial charge in [-0.15, -0.1) is 0 Å². The fourth-order valence-electron chi connectivity index (χ4n) is 2.50. The number of rotatable bonds is 8. The minimum Gasteiger partial charge on any atom is -0.263 e. The van der Waals surface area contributed by atoms with E-state index in [1.54, 1.807) is 38.1 Å². The number of benzene rings is 2. The van der Waals surface area contributed by atoms with Crippen LogP contribution in [0.2, 0.25) is 0 Å². The van der Waals surface area contributed by atoms with E-state index in [-0.39, 0.29) is 16.2 Å². The predicted molar refractivity (Wildman–Crippen MR) is 102 cm³/mol. The van der Waals surface area contributed by atoms with Crippen molar-refractivity contribution < 1.29 is 25.2 Å². The van der Waals surface area contributed by atoms with Crippen LogP contribution in [0.25, 0.3) is 0 Å². The SMILES string of the molecule is Cc1ccc(S(=O)(=O)O[C@H](C)C[C@@H](C)OS(=O)(=O)c2ccc(C)cc2)cc1. The first-order chi connectivity index (χ1) is 12.5. The van der Waals surface area contributed by atoms with Crippen molar-refractivity contribution in [1.82, 2.24) is 0 Å². The molecule has 0 aliphatic carbocycles. The Labute approximate surface area is 161 Å². The van der Waals surface area contributed by atoms with Crippen molar-refractivity contribution in [2.24, 2.45) is 0 Å². The van der Waals surface area contributed by atoms with E-state index in [1.165, 1.54) is 24.3 Å². The van der Waals surface area contributed by atoms with Crippen molar-refractivity contribution >= 4 is 20.2 Å². The molecule has 6 nitrogen and oxygen atoms in total. The fraction of sp³-hybridized carbons (Fsp3) is 0.368. The van der Waals surface area contributed by atoms with Gasteiger partial charge < -0.3 is 0 Å². The number of aryl methyl sites for hydroxylation is 2. The first-order valence-corrected chi connectivity index (χ1v) is 11.3. The summed E-state index contributed by atoms with van der Waals surface area (Å²) in [5, 5.41) is 0. The second-order valence-electron chi connectivity index (χ2n) is 6.58. The average molecular weight is 413 g/mol. The molecule has 0 aliphatic heterocycles. The molecule has 0 N–H and O–H groups in total. The maximum atomic E-state index is 12.3. The molecule has 2 atom stereocenters. The van der Waals surface area contributed by atoms with E-state index in [0.29, 0.717) is 0 Å². The van der Waals surface area contributed by atoms with E-state index >= 15 is 0 Å². The highest BCUT2D eigenvalue weighted by molar-refractivity contribution is 7.87. The zero-order valence-corrected chi connectivity index (χ0v) is 17.4. The lowest BCUT2D eigenvalue weighted by Crippen LogP contribution is -2.24. The average Bonchev–Trinajstić information content (AvgIpc) is 2.54. The number of hydrogen-bond donors (Lipinski definition) is 0. The van der Waals surface area contributed by atoms with E-state index in [2.05, 4.69) is 0 Å². The minimum atomic E-state index is -3.93. The van der Waals surface area contributed by atoms with Crippen LogP contribution in [0.15, 0.2) is 58.3 Å². The summed E-state index contributed by atoms with van der Waals surface area (Å²) in [6.45, 7) is 6.83. The van der Waals surface area contributed by atoms with Gasteiger partial charge >= 0.3 is 0 Å². The van der Waals surface area contributed by atoms with Gasteiger partial charge in [-0.2, -0.15) is 16.8 Å². The first kappa shape index (κ1) is 21.6. The van der Waals surface area contributed by atoms with E-state index in [9.17, 15) is 16.8 Å². The van der Waals surface area contributed by atoms with E-state index < -0.39 is 32.4 Å². The van der Waals surface area contributed by atoms with E-state index in [4.69, 9.17) is 8.37 Å². The third-order valence-corrected chi connectivity index (χ3v) is 6.73. The largest absolute Gasteiger partial charge is 0.297 e. The normalized spacial score (nSPS) is 14.7. The van der Waals surface area contributed by atoms with E-state index in [1.807, 2.05) is 13.8 Å². The Balaban J connectivity index is 1.99. The van der Waals surface area contributed by atoms with Gasteiger partial charge in [-0.05, 0) is 52.0 Å². The molecule has 0 heterocycles. The lowest BCUT2D eigenvalue weighted by molar-refractivity contribution is 0.140. The van der Waals surface area contributed by atoms with Crippen LogP contribution < -0.4 is 0 Å². The molecule has 0 saturated heterocycles. The molecule has 0 aromatic heterocycles. The molecule has 0 aliphatic rings. The van der Waals surface area contributed by atoms with Gasteiger partial charge in [0.05, 0.1) is 22.0 Å². The quantitative estimate of drug-likeness (QED) is 0.616. The fourth-order valence-corrected chi connectivity index (χ4v) is 4.68. The lowest BCUT2D eigenvalue weighted by Gasteiger charge is -2.18. The molecule has 2 aromatic rings. The zero-order valence-electron chi connectivity index (χ0n) is 15.7. The van der Waals surface area contributed by atoms with Crippen LogP contribution in [-0.4, -0.2) is 29.0 Å². The Morgan fingerprint density at radius 1 is 0.667 bits per heavy atom. The monoisotopic (exact) mass is 412 g/mol. The Kier molecular flexibility index (Phi) is 6.80. The van der Waals surface area contributed by atoms with Gasteiger partial charge in [0.15, 0.2) is 0 Å². The van der Waals surface area contributed by atoms with Crippen molar-refractivity contribution in [1.29, 1.82) is 0 Å². The maximum absolute atomic E-state index is 12.3. The minimum absolute atomic E-state index is 0.0563. The van der Waals surface area contributed by atoms with Crippen molar-refractivity contribution in [3.8, 4) is 0 Å². The molecule has 2 aromatic carbocycles. The summed E-state index contributed by atoms with van der Waals surface area (Å²) in [4.78, 5) is 0.113. The van der Waals surface area contributed by atoms with Crippen molar-refractivity contribution in [2.75, 3.05) is 0 Å². The summed E-state index contributed by atoms with van der Waals surface area (Å²) in [5.41, 5.74) is 1.87. The molecule has 0 fully saturated rings. The Bertz CT molecular complexity index is 880. The molecule has 8 heteroatoms. The Morgan fingerprint density at radius 2 is 0.963 bits per heavy atom.